The first-order valence-electron chi connectivity index (χ1n) is 7.10. The van der Waals surface area contributed by atoms with Gasteiger partial charge in [-0.1, -0.05) is 35.0 Å². The Kier molecular flexibility index (Phi) is 4.19. The lowest BCUT2D eigenvalue weighted by Crippen LogP contribution is -2.01. The molecule has 0 aliphatic heterocycles. The lowest BCUT2D eigenvalue weighted by molar-refractivity contribution is -0.387. The van der Waals surface area contributed by atoms with Crippen LogP contribution in [-0.4, -0.2) is 15.1 Å². The first-order valence-corrected chi connectivity index (χ1v) is 7.10. The molecule has 0 unspecified atom stereocenters. The number of aryl methyl sites for hydroxylation is 1. The van der Waals surface area contributed by atoms with Crippen LogP contribution in [0.2, 0.25) is 0 Å². The first-order chi connectivity index (χ1) is 11.5. The van der Waals surface area contributed by atoms with Crippen LogP contribution in [0.25, 0.3) is 11.4 Å². The Morgan fingerprint density at radius 1 is 1.25 bits per heavy atom. The van der Waals surface area contributed by atoms with E-state index >= 15 is 0 Å². The second-order valence-corrected chi connectivity index (χ2v) is 5.15. The zero-order chi connectivity index (χ0) is 17.1. The van der Waals surface area contributed by atoms with Gasteiger partial charge in [0, 0.05) is 17.3 Å². The van der Waals surface area contributed by atoms with E-state index in [9.17, 15) is 14.5 Å². The number of nitrogens with one attached hydrogen (secondary N) is 1. The number of aromatic nitrogens is 2. The molecule has 7 nitrogen and oxygen atoms in total. The molecule has 0 saturated heterocycles. The van der Waals surface area contributed by atoms with Gasteiger partial charge in [-0.3, -0.25) is 10.1 Å². The van der Waals surface area contributed by atoms with E-state index in [1.54, 1.807) is 0 Å². The average molecular weight is 328 g/mol. The van der Waals surface area contributed by atoms with Crippen LogP contribution in [0, 0.1) is 22.9 Å². The molecule has 3 aromatic rings. The monoisotopic (exact) mass is 328 g/mol. The zero-order valence-corrected chi connectivity index (χ0v) is 12.7. The van der Waals surface area contributed by atoms with Crippen molar-refractivity contribution in [3.8, 4) is 11.4 Å². The summed E-state index contributed by atoms with van der Waals surface area (Å²) < 4.78 is 18.4. The number of rotatable bonds is 5. The molecule has 0 radical (unpaired) electrons. The molecule has 8 heteroatoms. The van der Waals surface area contributed by atoms with E-state index in [0.29, 0.717) is 17.4 Å². The Labute approximate surface area is 136 Å². The van der Waals surface area contributed by atoms with Gasteiger partial charge in [0.05, 0.1) is 11.5 Å². The maximum absolute atomic E-state index is 13.3. The fraction of sp³-hybridized carbons (Fsp3) is 0.125. The molecule has 0 saturated carbocycles. The van der Waals surface area contributed by atoms with Crippen LogP contribution in [-0.2, 0) is 6.54 Å². The Morgan fingerprint density at radius 2 is 2.00 bits per heavy atom. The van der Waals surface area contributed by atoms with E-state index < -0.39 is 16.4 Å². The number of halogens is 1. The molecule has 0 aliphatic rings. The van der Waals surface area contributed by atoms with Crippen molar-refractivity contribution < 1.29 is 13.8 Å². The van der Waals surface area contributed by atoms with Crippen LogP contribution in [0.1, 0.15) is 11.5 Å². The predicted octanol–water partition coefficient (Wildman–Crippen LogP) is 3.70. The molecule has 0 spiro atoms. The highest BCUT2D eigenvalue weighted by Crippen LogP contribution is 2.22. The first kappa shape index (κ1) is 15.6. The molecular weight excluding hydrogens is 315 g/mol. The van der Waals surface area contributed by atoms with Gasteiger partial charge >= 0.3 is 5.69 Å². The van der Waals surface area contributed by atoms with E-state index in [4.69, 9.17) is 4.52 Å². The molecule has 2 aromatic carbocycles. The van der Waals surface area contributed by atoms with Gasteiger partial charge in [-0.15, -0.1) is 0 Å². The fourth-order valence-corrected chi connectivity index (χ4v) is 2.09. The highest BCUT2D eigenvalue weighted by atomic mass is 19.1. The molecule has 0 aliphatic carbocycles. The van der Waals surface area contributed by atoms with E-state index in [1.165, 1.54) is 6.07 Å². The van der Waals surface area contributed by atoms with Crippen molar-refractivity contribution in [1.82, 2.24) is 10.1 Å². The van der Waals surface area contributed by atoms with E-state index in [2.05, 4.69) is 15.5 Å². The number of hydrogen-bond acceptors (Lipinski definition) is 6. The minimum absolute atomic E-state index is 0.168. The summed E-state index contributed by atoms with van der Waals surface area (Å²) in [6.45, 7) is 2.15. The smallest absolute Gasteiger partial charge is 0.306 e. The topological polar surface area (TPSA) is 94.1 Å². The zero-order valence-electron chi connectivity index (χ0n) is 12.7. The Morgan fingerprint density at radius 3 is 2.71 bits per heavy atom. The molecule has 0 amide bonds. The van der Waals surface area contributed by atoms with Gasteiger partial charge in [0.1, 0.15) is 0 Å². The van der Waals surface area contributed by atoms with Gasteiger partial charge in [0.15, 0.2) is 0 Å². The second kappa shape index (κ2) is 6.45. The van der Waals surface area contributed by atoms with Crippen molar-refractivity contribution in [1.29, 1.82) is 0 Å². The van der Waals surface area contributed by atoms with E-state index in [0.717, 1.165) is 23.3 Å². The summed E-state index contributed by atoms with van der Waals surface area (Å²) in [6.07, 6.45) is 0. The molecule has 3 rings (SSSR count). The van der Waals surface area contributed by atoms with E-state index in [1.807, 2.05) is 31.2 Å². The molecule has 1 heterocycles. The molecule has 1 N–H and O–H groups in total. The number of nitro groups is 1. The van der Waals surface area contributed by atoms with Gasteiger partial charge in [-0.05, 0) is 19.1 Å². The Bertz CT molecular complexity index is 877. The normalized spacial score (nSPS) is 10.6. The highest BCUT2D eigenvalue weighted by molar-refractivity contribution is 5.55. The second-order valence-electron chi connectivity index (χ2n) is 5.15. The van der Waals surface area contributed by atoms with Gasteiger partial charge < -0.3 is 9.84 Å². The standard InChI is InChI=1S/C16H13FN4O3/c1-10-2-4-11(5-3-10)16-19-15(24-20-16)9-18-12-6-7-13(17)14(8-12)21(22)23/h2-8,18H,9H2,1H3. The minimum Gasteiger partial charge on any atom is -0.376 e. The summed E-state index contributed by atoms with van der Waals surface area (Å²) in [4.78, 5) is 14.2. The summed E-state index contributed by atoms with van der Waals surface area (Å²) in [5.74, 6) is -0.112. The summed E-state index contributed by atoms with van der Waals surface area (Å²) in [6, 6.07) is 11.2. The van der Waals surface area contributed by atoms with Crippen LogP contribution >= 0.6 is 0 Å². The van der Waals surface area contributed by atoms with Crippen molar-refractivity contribution in [2.75, 3.05) is 5.32 Å². The predicted molar refractivity (Wildman–Crippen MR) is 84.9 cm³/mol. The van der Waals surface area contributed by atoms with Gasteiger partial charge in [0.25, 0.3) is 0 Å². The van der Waals surface area contributed by atoms with Gasteiger partial charge in [-0.25, -0.2) is 0 Å². The van der Waals surface area contributed by atoms with Gasteiger partial charge in [-0.2, -0.15) is 9.37 Å². The molecule has 0 fully saturated rings. The lowest BCUT2D eigenvalue weighted by Gasteiger charge is -2.03. The summed E-state index contributed by atoms with van der Waals surface area (Å²) in [5.41, 5.74) is 1.75. The number of nitrogens with zero attached hydrogens (tertiary/aromatic N) is 3. The largest absolute Gasteiger partial charge is 0.376 e. The lowest BCUT2D eigenvalue weighted by atomic mass is 10.1. The maximum Gasteiger partial charge on any atom is 0.306 e. The molecule has 0 bridgehead atoms. The number of anilines is 1. The minimum atomic E-state index is -0.884. The Hall–Kier alpha value is -3.29. The fourth-order valence-electron chi connectivity index (χ4n) is 2.09. The molecule has 24 heavy (non-hydrogen) atoms. The third-order valence-electron chi connectivity index (χ3n) is 3.36. The van der Waals surface area contributed by atoms with Crippen LogP contribution in [0.5, 0.6) is 0 Å². The SMILES string of the molecule is Cc1ccc(-c2noc(CNc3ccc(F)c([N+](=O)[O-])c3)n2)cc1. The van der Waals surface area contributed by atoms with Crippen LogP contribution < -0.4 is 5.32 Å². The van der Waals surface area contributed by atoms with E-state index in [-0.39, 0.29) is 6.54 Å². The molecule has 122 valence electrons. The Balaban J connectivity index is 1.71. The number of benzene rings is 2. The highest BCUT2D eigenvalue weighted by Gasteiger charge is 2.15. The van der Waals surface area contributed by atoms with Crippen LogP contribution in [0.15, 0.2) is 47.0 Å². The van der Waals surface area contributed by atoms with Gasteiger partial charge in [0.2, 0.25) is 17.5 Å². The maximum atomic E-state index is 13.3. The number of hydrogen-bond donors (Lipinski definition) is 1. The third kappa shape index (κ3) is 3.37. The molecular formula is C16H13FN4O3. The summed E-state index contributed by atoms with van der Waals surface area (Å²) in [7, 11) is 0. The summed E-state index contributed by atoms with van der Waals surface area (Å²) >= 11 is 0. The molecule has 1 aromatic heterocycles. The quantitative estimate of drug-likeness (QED) is 0.567. The van der Waals surface area contributed by atoms with Crippen molar-refractivity contribution in [3.63, 3.8) is 0 Å². The third-order valence-corrected chi connectivity index (χ3v) is 3.36. The van der Waals surface area contributed by atoms with Crippen molar-refractivity contribution in [3.05, 3.63) is 69.9 Å². The molecule has 0 atom stereocenters. The van der Waals surface area contributed by atoms with Crippen molar-refractivity contribution in [2.24, 2.45) is 0 Å². The van der Waals surface area contributed by atoms with Crippen LogP contribution in [0.3, 0.4) is 0 Å². The summed E-state index contributed by atoms with van der Waals surface area (Å²) in [5, 5.41) is 17.5. The van der Waals surface area contributed by atoms with Crippen molar-refractivity contribution in [2.45, 2.75) is 13.5 Å². The van der Waals surface area contributed by atoms with Crippen molar-refractivity contribution >= 4 is 11.4 Å². The average Bonchev–Trinajstić information content (AvgIpc) is 3.03. The van der Waals surface area contributed by atoms with Crippen LogP contribution in [0.4, 0.5) is 15.8 Å². The number of nitro benzene ring substituents is 1.